The van der Waals surface area contributed by atoms with Crippen molar-refractivity contribution in [1.82, 2.24) is 0 Å². The number of nitrogens with one attached hydrogen (secondary N) is 1. The number of halogens is 1. The molecule has 0 aliphatic carbocycles. The zero-order chi connectivity index (χ0) is 13.1. The Morgan fingerprint density at radius 3 is 2.89 bits per heavy atom. The van der Waals surface area contributed by atoms with Gasteiger partial charge in [-0.2, -0.15) is 5.26 Å². The Morgan fingerprint density at radius 2 is 2.22 bits per heavy atom. The van der Waals surface area contributed by atoms with Crippen molar-refractivity contribution >= 4 is 39.5 Å². The first kappa shape index (κ1) is 12.4. The number of nitrogen functional groups attached to an aromatic ring is 1. The number of nitrogens with two attached hydrogens (primary N) is 1. The number of hydrogen-bond donors (Lipinski definition) is 2. The second-order valence-electron chi connectivity index (χ2n) is 3.47. The first-order chi connectivity index (χ1) is 8.61. The van der Waals surface area contributed by atoms with Gasteiger partial charge in [-0.1, -0.05) is 11.6 Å². The van der Waals surface area contributed by atoms with Gasteiger partial charge in [-0.25, -0.2) is 0 Å². The van der Waals surface area contributed by atoms with Crippen LogP contribution in [0.4, 0.5) is 10.7 Å². The predicted octanol–water partition coefficient (Wildman–Crippen LogP) is 3.11. The quantitative estimate of drug-likeness (QED) is 0.828. The molecule has 0 fully saturated rings. The zero-order valence-corrected chi connectivity index (χ0v) is 10.7. The first-order valence-corrected chi connectivity index (χ1v) is 6.21. The summed E-state index contributed by atoms with van der Waals surface area (Å²) in [4.78, 5) is 12.0. The molecule has 1 aromatic carbocycles. The van der Waals surface area contributed by atoms with Crippen LogP contribution in [0.5, 0.6) is 0 Å². The summed E-state index contributed by atoms with van der Waals surface area (Å²) in [5.41, 5.74) is 6.80. The smallest absolute Gasteiger partial charge is 0.257 e. The third kappa shape index (κ3) is 2.45. The maximum Gasteiger partial charge on any atom is 0.257 e. The Balaban J connectivity index is 2.25. The molecule has 1 heterocycles. The third-order valence-electron chi connectivity index (χ3n) is 2.25. The Bertz CT molecular complexity index is 645. The highest BCUT2D eigenvalue weighted by Crippen LogP contribution is 2.25. The highest BCUT2D eigenvalue weighted by molar-refractivity contribution is 7.14. The van der Waals surface area contributed by atoms with Crippen LogP contribution in [0, 0.1) is 11.3 Å². The molecule has 0 aliphatic heterocycles. The van der Waals surface area contributed by atoms with E-state index >= 15 is 0 Å². The van der Waals surface area contributed by atoms with Gasteiger partial charge in [0.2, 0.25) is 0 Å². The average Bonchev–Trinajstić information content (AvgIpc) is 2.76. The van der Waals surface area contributed by atoms with Crippen molar-refractivity contribution in [3.8, 4) is 6.07 Å². The molecule has 2 rings (SSSR count). The van der Waals surface area contributed by atoms with Gasteiger partial charge < -0.3 is 11.1 Å². The van der Waals surface area contributed by atoms with E-state index in [-0.39, 0.29) is 10.9 Å². The van der Waals surface area contributed by atoms with Crippen LogP contribution in [0.3, 0.4) is 0 Å². The summed E-state index contributed by atoms with van der Waals surface area (Å²) >= 11 is 7.22. The van der Waals surface area contributed by atoms with E-state index in [1.54, 1.807) is 23.6 Å². The Hall–Kier alpha value is -2.03. The molecule has 0 atom stereocenters. The Morgan fingerprint density at radius 1 is 1.44 bits per heavy atom. The number of rotatable bonds is 2. The maximum absolute atomic E-state index is 12.0. The molecule has 0 unspecified atom stereocenters. The van der Waals surface area contributed by atoms with E-state index in [2.05, 4.69) is 5.32 Å². The average molecular weight is 278 g/mol. The second-order valence-corrected chi connectivity index (χ2v) is 4.79. The topological polar surface area (TPSA) is 78.9 Å². The summed E-state index contributed by atoms with van der Waals surface area (Å²) in [6.07, 6.45) is 0. The third-order valence-corrected chi connectivity index (χ3v) is 3.39. The summed E-state index contributed by atoms with van der Waals surface area (Å²) in [7, 11) is 0. The largest absolute Gasteiger partial charge is 0.399 e. The fraction of sp³-hybridized carbons (Fsp3) is 0. The van der Waals surface area contributed by atoms with Crippen LogP contribution in [0.2, 0.25) is 5.02 Å². The maximum atomic E-state index is 12.0. The molecule has 1 aromatic heterocycles. The summed E-state index contributed by atoms with van der Waals surface area (Å²) in [5.74, 6) is -0.362. The van der Waals surface area contributed by atoms with Gasteiger partial charge in [-0.3, -0.25) is 4.79 Å². The van der Waals surface area contributed by atoms with Crippen molar-refractivity contribution in [1.29, 1.82) is 5.26 Å². The predicted molar refractivity (Wildman–Crippen MR) is 72.9 cm³/mol. The number of hydrogen-bond acceptors (Lipinski definition) is 4. The molecule has 0 aliphatic rings. The van der Waals surface area contributed by atoms with Crippen LogP contribution >= 0.6 is 22.9 Å². The summed E-state index contributed by atoms with van der Waals surface area (Å²) in [6, 6.07) is 8.30. The van der Waals surface area contributed by atoms with Gasteiger partial charge >= 0.3 is 0 Å². The molecular formula is C12H8ClN3OS. The number of nitrogens with zero attached hydrogens (tertiary/aromatic N) is 1. The van der Waals surface area contributed by atoms with Crippen LogP contribution < -0.4 is 11.1 Å². The fourth-order valence-electron chi connectivity index (χ4n) is 1.38. The molecule has 3 N–H and O–H groups in total. The standard InChI is InChI=1S/C12H8ClN3OS/c13-10-5-8(15)1-2-9(10)11(17)16-12-7(6-14)3-4-18-12/h1-5H,15H2,(H,16,17). The Labute approximate surface area is 113 Å². The van der Waals surface area contributed by atoms with E-state index in [1.165, 1.54) is 17.4 Å². The molecule has 90 valence electrons. The van der Waals surface area contributed by atoms with Gasteiger partial charge in [0.15, 0.2) is 0 Å². The van der Waals surface area contributed by atoms with Gasteiger partial charge in [0.1, 0.15) is 11.1 Å². The lowest BCUT2D eigenvalue weighted by Crippen LogP contribution is -2.12. The molecule has 0 radical (unpaired) electrons. The number of benzene rings is 1. The van der Waals surface area contributed by atoms with E-state index in [4.69, 9.17) is 22.6 Å². The summed E-state index contributed by atoms with van der Waals surface area (Å²) < 4.78 is 0. The fourth-order valence-corrected chi connectivity index (χ4v) is 2.39. The molecule has 1 amide bonds. The lowest BCUT2D eigenvalue weighted by molar-refractivity contribution is 0.102. The van der Waals surface area contributed by atoms with Crippen molar-refractivity contribution in [2.24, 2.45) is 0 Å². The summed E-state index contributed by atoms with van der Waals surface area (Å²) in [6.45, 7) is 0. The van der Waals surface area contributed by atoms with E-state index < -0.39 is 0 Å². The molecule has 6 heteroatoms. The number of carbonyl (C=O) groups is 1. The SMILES string of the molecule is N#Cc1ccsc1NC(=O)c1ccc(N)cc1Cl. The van der Waals surface area contributed by atoms with Crippen molar-refractivity contribution < 1.29 is 4.79 Å². The van der Waals surface area contributed by atoms with E-state index in [0.29, 0.717) is 21.8 Å². The highest BCUT2D eigenvalue weighted by atomic mass is 35.5. The molecule has 0 spiro atoms. The molecule has 0 saturated heterocycles. The minimum absolute atomic E-state index is 0.280. The number of nitriles is 1. The second kappa shape index (κ2) is 5.08. The van der Waals surface area contributed by atoms with E-state index in [9.17, 15) is 4.79 Å². The molecule has 0 saturated carbocycles. The number of carbonyl (C=O) groups excluding carboxylic acids is 1. The monoisotopic (exact) mass is 277 g/mol. The number of amides is 1. The molecular weight excluding hydrogens is 270 g/mol. The highest BCUT2D eigenvalue weighted by Gasteiger charge is 2.13. The van der Waals surface area contributed by atoms with Crippen molar-refractivity contribution in [2.75, 3.05) is 11.1 Å². The van der Waals surface area contributed by atoms with Crippen LogP contribution in [0.25, 0.3) is 0 Å². The summed E-state index contributed by atoms with van der Waals surface area (Å²) in [5, 5.41) is 14.0. The van der Waals surface area contributed by atoms with E-state index in [0.717, 1.165) is 0 Å². The number of thiophene rings is 1. The van der Waals surface area contributed by atoms with Gasteiger partial charge in [0.25, 0.3) is 5.91 Å². The van der Waals surface area contributed by atoms with Gasteiger partial charge in [0, 0.05) is 5.69 Å². The van der Waals surface area contributed by atoms with Crippen LogP contribution in [-0.2, 0) is 0 Å². The van der Waals surface area contributed by atoms with Gasteiger partial charge in [-0.15, -0.1) is 11.3 Å². The molecule has 18 heavy (non-hydrogen) atoms. The van der Waals surface area contributed by atoms with Crippen molar-refractivity contribution in [2.45, 2.75) is 0 Å². The minimum atomic E-state index is -0.362. The molecule has 0 bridgehead atoms. The number of anilines is 2. The lowest BCUT2D eigenvalue weighted by Gasteiger charge is -2.05. The Kier molecular flexibility index (Phi) is 3.51. The molecule has 4 nitrogen and oxygen atoms in total. The van der Waals surface area contributed by atoms with Gasteiger partial charge in [0.05, 0.1) is 16.1 Å². The lowest BCUT2D eigenvalue weighted by atomic mass is 10.2. The van der Waals surface area contributed by atoms with Crippen molar-refractivity contribution in [3.63, 3.8) is 0 Å². The molecule has 2 aromatic rings. The van der Waals surface area contributed by atoms with E-state index in [1.807, 2.05) is 6.07 Å². The van der Waals surface area contributed by atoms with Crippen LogP contribution in [-0.4, -0.2) is 5.91 Å². The van der Waals surface area contributed by atoms with Crippen molar-refractivity contribution in [3.05, 3.63) is 45.8 Å². The zero-order valence-electron chi connectivity index (χ0n) is 9.11. The normalized spacial score (nSPS) is 9.78. The first-order valence-electron chi connectivity index (χ1n) is 4.96. The minimum Gasteiger partial charge on any atom is -0.399 e. The van der Waals surface area contributed by atoms with Crippen LogP contribution in [0.15, 0.2) is 29.6 Å². The van der Waals surface area contributed by atoms with Crippen LogP contribution in [0.1, 0.15) is 15.9 Å². The van der Waals surface area contributed by atoms with Gasteiger partial charge in [-0.05, 0) is 29.6 Å².